The second-order valence-electron chi connectivity index (χ2n) is 10.6. The molecule has 0 aromatic carbocycles. The zero-order chi connectivity index (χ0) is 23.4. The summed E-state index contributed by atoms with van der Waals surface area (Å²) in [5, 5.41) is 2.75. The number of rotatable bonds is 4. The van der Waals surface area contributed by atoms with Crippen molar-refractivity contribution in [1.82, 2.24) is 15.1 Å². The normalized spacial score (nSPS) is 28.9. The molecule has 0 bridgehead atoms. The predicted octanol–water partition coefficient (Wildman–Crippen LogP) is 2.84. The van der Waals surface area contributed by atoms with Gasteiger partial charge in [0.15, 0.2) is 8.32 Å². The van der Waals surface area contributed by atoms with E-state index in [-0.39, 0.29) is 43.6 Å². The SMILES string of the molecule is CC(C)(C)[Si](C)(C)OC[C@@H]1CN(C(=O)C(F)(F)F)C2(CC2)CN1C(=O)[C@H]1C[C@@H](F)CN1. The van der Waals surface area contributed by atoms with Gasteiger partial charge in [-0.1, -0.05) is 20.8 Å². The van der Waals surface area contributed by atoms with Gasteiger partial charge in [-0.15, -0.1) is 0 Å². The topological polar surface area (TPSA) is 61.9 Å². The van der Waals surface area contributed by atoms with Gasteiger partial charge in [-0.2, -0.15) is 13.2 Å². The van der Waals surface area contributed by atoms with Crippen LogP contribution < -0.4 is 5.32 Å². The number of nitrogens with zero attached hydrogens (tertiary/aromatic N) is 2. The molecule has 31 heavy (non-hydrogen) atoms. The fourth-order valence-corrected chi connectivity index (χ4v) is 5.10. The molecule has 6 nitrogen and oxygen atoms in total. The molecule has 2 saturated heterocycles. The molecule has 2 amide bonds. The Balaban J connectivity index is 1.84. The number of carbonyl (C=O) groups excluding carboxylic acids is 2. The van der Waals surface area contributed by atoms with Crippen molar-refractivity contribution in [2.24, 2.45) is 0 Å². The molecule has 1 saturated carbocycles. The van der Waals surface area contributed by atoms with Gasteiger partial charge in [0.05, 0.1) is 24.2 Å². The highest BCUT2D eigenvalue weighted by Gasteiger charge is 2.60. The molecule has 0 radical (unpaired) electrons. The van der Waals surface area contributed by atoms with Crippen molar-refractivity contribution in [1.29, 1.82) is 0 Å². The summed E-state index contributed by atoms with van der Waals surface area (Å²) in [6.45, 7) is 10.1. The number of nitrogens with one attached hydrogen (secondary N) is 1. The maximum atomic E-state index is 13.7. The van der Waals surface area contributed by atoms with Crippen LogP contribution in [0.15, 0.2) is 0 Å². The summed E-state index contributed by atoms with van der Waals surface area (Å²) >= 11 is 0. The molecule has 1 N–H and O–H groups in total. The van der Waals surface area contributed by atoms with Crippen LogP contribution in [0.5, 0.6) is 0 Å². The van der Waals surface area contributed by atoms with Gasteiger partial charge in [-0.3, -0.25) is 9.59 Å². The number of alkyl halides is 4. The quantitative estimate of drug-likeness (QED) is 0.510. The summed E-state index contributed by atoms with van der Waals surface area (Å²) in [7, 11) is -2.24. The first-order valence-electron chi connectivity index (χ1n) is 10.8. The molecule has 3 atom stereocenters. The Morgan fingerprint density at radius 3 is 2.26 bits per heavy atom. The molecule has 2 heterocycles. The van der Waals surface area contributed by atoms with E-state index in [1.807, 2.05) is 33.9 Å². The van der Waals surface area contributed by atoms with Gasteiger partial charge in [-0.05, 0) is 31.0 Å². The summed E-state index contributed by atoms with van der Waals surface area (Å²) in [5.41, 5.74) is -0.983. The van der Waals surface area contributed by atoms with Crippen LogP contribution in [0, 0.1) is 0 Å². The molecule has 0 aromatic heterocycles. The van der Waals surface area contributed by atoms with E-state index in [9.17, 15) is 27.2 Å². The zero-order valence-corrected chi connectivity index (χ0v) is 19.8. The Hall–Kier alpha value is -1.20. The van der Waals surface area contributed by atoms with Crippen LogP contribution in [0.4, 0.5) is 17.6 Å². The van der Waals surface area contributed by atoms with E-state index in [4.69, 9.17) is 4.43 Å². The Morgan fingerprint density at radius 1 is 1.19 bits per heavy atom. The third-order valence-corrected chi connectivity index (χ3v) is 11.8. The largest absolute Gasteiger partial charge is 0.471 e. The average Bonchev–Trinajstić information content (AvgIpc) is 3.27. The number of hydrogen-bond acceptors (Lipinski definition) is 4. The fourth-order valence-electron chi connectivity index (χ4n) is 4.06. The van der Waals surface area contributed by atoms with E-state index in [1.54, 1.807) is 0 Å². The second-order valence-corrected chi connectivity index (χ2v) is 15.4. The molecular formula is C20H33F4N3O3Si. The van der Waals surface area contributed by atoms with Crippen molar-refractivity contribution in [3.63, 3.8) is 0 Å². The molecule has 3 aliphatic rings. The lowest BCUT2D eigenvalue weighted by molar-refractivity contribution is -0.194. The first-order chi connectivity index (χ1) is 14.1. The van der Waals surface area contributed by atoms with E-state index >= 15 is 0 Å². The lowest BCUT2D eigenvalue weighted by atomic mass is 10.0. The van der Waals surface area contributed by atoms with Gasteiger partial charge in [0.1, 0.15) is 6.17 Å². The number of piperazine rings is 1. The van der Waals surface area contributed by atoms with Gasteiger partial charge >= 0.3 is 12.1 Å². The lowest BCUT2D eigenvalue weighted by Gasteiger charge is -2.49. The van der Waals surface area contributed by atoms with Crippen molar-refractivity contribution in [3.05, 3.63) is 0 Å². The minimum atomic E-state index is -4.97. The predicted molar refractivity (Wildman–Crippen MR) is 110 cm³/mol. The highest BCUT2D eigenvalue weighted by atomic mass is 28.4. The van der Waals surface area contributed by atoms with Gasteiger partial charge in [0, 0.05) is 26.1 Å². The van der Waals surface area contributed by atoms with Crippen molar-refractivity contribution in [2.75, 3.05) is 26.2 Å². The van der Waals surface area contributed by atoms with Crippen molar-refractivity contribution in [3.8, 4) is 0 Å². The van der Waals surface area contributed by atoms with E-state index in [0.29, 0.717) is 12.8 Å². The van der Waals surface area contributed by atoms with Crippen LogP contribution in [0.3, 0.4) is 0 Å². The molecule has 1 spiro atoms. The smallest absolute Gasteiger partial charge is 0.415 e. The minimum absolute atomic E-state index is 0.0221. The first kappa shape index (κ1) is 24.4. The maximum Gasteiger partial charge on any atom is 0.471 e. The van der Waals surface area contributed by atoms with Gasteiger partial charge in [-0.25, -0.2) is 4.39 Å². The maximum absolute atomic E-state index is 13.7. The van der Waals surface area contributed by atoms with E-state index < -0.39 is 44.2 Å². The van der Waals surface area contributed by atoms with E-state index in [0.717, 1.165) is 4.90 Å². The Kier molecular flexibility index (Phi) is 6.29. The molecule has 3 fully saturated rings. The van der Waals surface area contributed by atoms with Crippen LogP contribution in [0.25, 0.3) is 0 Å². The summed E-state index contributed by atoms with van der Waals surface area (Å²) in [5.74, 6) is -2.19. The zero-order valence-electron chi connectivity index (χ0n) is 18.8. The number of halogens is 4. The average molecular weight is 468 g/mol. The highest BCUT2D eigenvalue weighted by Crippen LogP contribution is 2.47. The molecule has 0 aromatic rings. The monoisotopic (exact) mass is 467 g/mol. The second kappa shape index (κ2) is 7.98. The van der Waals surface area contributed by atoms with Gasteiger partial charge in [0.2, 0.25) is 5.91 Å². The van der Waals surface area contributed by atoms with Crippen molar-refractivity contribution < 1.29 is 31.6 Å². The van der Waals surface area contributed by atoms with Crippen LogP contribution in [-0.4, -0.2) is 86.1 Å². The Bertz CT molecular complexity index is 721. The number of hydrogen-bond donors (Lipinski definition) is 1. The third kappa shape index (κ3) is 4.92. The fraction of sp³-hybridized carbons (Fsp3) is 0.900. The van der Waals surface area contributed by atoms with Crippen LogP contribution in [0.2, 0.25) is 18.1 Å². The standard InChI is InChI=1S/C20H33F4N3O3Si/c1-18(2,3)31(4,5)30-11-14-10-27(17(29)20(22,23)24)19(6-7-19)12-26(14)16(28)15-8-13(21)9-25-15/h13-15,25H,6-12H2,1-5H3/t13-,14+,15-/m1/s1. The number of carbonyl (C=O) groups is 2. The molecular weight excluding hydrogens is 434 g/mol. The van der Waals surface area contributed by atoms with Crippen LogP contribution in [0.1, 0.15) is 40.0 Å². The summed E-state index contributed by atoms with van der Waals surface area (Å²) in [4.78, 5) is 27.8. The molecule has 1 aliphatic carbocycles. The molecule has 3 rings (SSSR count). The lowest BCUT2D eigenvalue weighted by Crippen LogP contribution is -2.67. The third-order valence-electron chi connectivity index (χ3n) is 7.29. The molecule has 0 unspecified atom stereocenters. The Labute approximate surface area is 181 Å². The van der Waals surface area contributed by atoms with Gasteiger partial charge < -0.3 is 19.5 Å². The van der Waals surface area contributed by atoms with Crippen LogP contribution in [-0.2, 0) is 14.0 Å². The van der Waals surface area contributed by atoms with Crippen molar-refractivity contribution in [2.45, 2.75) is 88.1 Å². The van der Waals surface area contributed by atoms with E-state index in [1.165, 1.54) is 4.90 Å². The summed E-state index contributed by atoms with van der Waals surface area (Å²) < 4.78 is 59.7. The van der Waals surface area contributed by atoms with Crippen LogP contribution >= 0.6 is 0 Å². The van der Waals surface area contributed by atoms with Gasteiger partial charge in [0.25, 0.3) is 0 Å². The van der Waals surface area contributed by atoms with Crippen molar-refractivity contribution >= 4 is 20.1 Å². The minimum Gasteiger partial charge on any atom is -0.415 e. The molecule has 11 heteroatoms. The summed E-state index contributed by atoms with van der Waals surface area (Å²) in [6.07, 6.45) is -5.22. The van der Waals surface area contributed by atoms with E-state index in [2.05, 4.69) is 5.32 Å². The Morgan fingerprint density at radius 2 is 1.81 bits per heavy atom. The first-order valence-corrected chi connectivity index (χ1v) is 13.7. The highest BCUT2D eigenvalue weighted by molar-refractivity contribution is 6.74. The molecule has 178 valence electrons. The molecule has 2 aliphatic heterocycles. The number of amides is 2. The summed E-state index contributed by atoms with van der Waals surface area (Å²) in [6, 6.07) is -1.41.